The van der Waals surface area contributed by atoms with Gasteiger partial charge in [-0.25, -0.2) is 0 Å². The lowest BCUT2D eigenvalue weighted by Crippen LogP contribution is -2.43. The maximum absolute atomic E-state index is 11.8. The fourth-order valence-corrected chi connectivity index (χ4v) is 3.10. The number of nitrogens with one attached hydrogen (secondary N) is 2. The van der Waals surface area contributed by atoms with Crippen LogP contribution in [-0.4, -0.2) is 24.0 Å². The molecule has 1 aromatic carbocycles. The maximum atomic E-state index is 11.8. The lowest BCUT2D eigenvalue weighted by molar-refractivity contribution is -0.123. The number of rotatable bonds is 4. The molecule has 2 N–H and O–H groups in total. The Morgan fingerprint density at radius 2 is 2.08 bits per heavy atom. The summed E-state index contributed by atoms with van der Waals surface area (Å²) in [6.45, 7) is 3.79. The fraction of sp³-hybridized carbons (Fsp3) is 0.294. The van der Waals surface area contributed by atoms with Crippen molar-refractivity contribution in [3.8, 4) is 11.5 Å². The van der Waals surface area contributed by atoms with E-state index in [0.29, 0.717) is 16.4 Å². The average molecular weight is 346 g/mol. The third-order valence-electron chi connectivity index (χ3n) is 3.47. The smallest absolute Gasteiger partial charge is 0.279 e. The summed E-state index contributed by atoms with van der Waals surface area (Å²) in [5, 5.41) is 1.79. The van der Waals surface area contributed by atoms with Crippen molar-refractivity contribution < 1.29 is 19.1 Å². The molecule has 1 aliphatic rings. The zero-order valence-electron chi connectivity index (χ0n) is 13.4. The van der Waals surface area contributed by atoms with Crippen molar-refractivity contribution in [1.82, 2.24) is 10.9 Å². The maximum Gasteiger partial charge on any atom is 0.279 e. The molecular formula is C17H18N2O4S. The number of amides is 2. The molecule has 0 bridgehead atoms. The molecule has 2 aromatic rings. The number of hydrogen-bond acceptors (Lipinski definition) is 5. The lowest BCUT2D eigenvalue weighted by atomic mass is 10.0. The molecule has 1 aliphatic heterocycles. The molecule has 0 radical (unpaired) electrons. The van der Waals surface area contributed by atoms with E-state index in [-0.39, 0.29) is 18.1 Å². The molecular weight excluding hydrogens is 328 g/mol. The third kappa shape index (κ3) is 3.68. The number of carbonyl (C=O) groups excluding carboxylic acids is 2. The topological polar surface area (TPSA) is 76.7 Å². The van der Waals surface area contributed by atoms with Crippen molar-refractivity contribution in [3.63, 3.8) is 0 Å². The number of benzene rings is 1. The van der Waals surface area contributed by atoms with Crippen molar-refractivity contribution in [2.45, 2.75) is 25.9 Å². The van der Waals surface area contributed by atoms with Gasteiger partial charge >= 0.3 is 0 Å². The zero-order chi connectivity index (χ0) is 17.2. The van der Waals surface area contributed by atoms with Crippen LogP contribution >= 0.6 is 11.3 Å². The Morgan fingerprint density at radius 1 is 1.25 bits per heavy atom. The van der Waals surface area contributed by atoms with E-state index in [1.807, 2.05) is 26.0 Å². The minimum Gasteiger partial charge on any atom is -0.483 e. The van der Waals surface area contributed by atoms with Crippen LogP contribution in [0.2, 0.25) is 0 Å². The summed E-state index contributed by atoms with van der Waals surface area (Å²) in [5.41, 5.74) is 5.45. The number of ether oxygens (including phenoxy) is 2. The molecule has 0 saturated carbocycles. The average Bonchev–Trinajstić information content (AvgIpc) is 3.16. The van der Waals surface area contributed by atoms with Gasteiger partial charge in [0.2, 0.25) is 0 Å². The molecule has 0 fully saturated rings. The standard InChI is InChI=1S/C17H18N2O4S/c1-17(2)9-11-5-3-6-12(15(11)23-17)22-10-14(20)18-19-16(21)13-7-4-8-24-13/h3-8H,9-10H2,1-2H3,(H,18,20)(H,19,21). The normalized spacial score (nSPS) is 14.4. The van der Waals surface area contributed by atoms with Gasteiger partial charge in [-0.2, -0.15) is 0 Å². The van der Waals surface area contributed by atoms with Gasteiger partial charge < -0.3 is 9.47 Å². The van der Waals surface area contributed by atoms with E-state index in [2.05, 4.69) is 10.9 Å². The van der Waals surface area contributed by atoms with E-state index in [4.69, 9.17) is 9.47 Å². The Balaban J connectivity index is 1.53. The molecule has 3 rings (SSSR count). The van der Waals surface area contributed by atoms with E-state index < -0.39 is 5.91 Å². The van der Waals surface area contributed by atoms with Crippen LogP contribution in [0.3, 0.4) is 0 Å². The zero-order valence-corrected chi connectivity index (χ0v) is 14.2. The molecule has 24 heavy (non-hydrogen) atoms. The molecule has 0 saturated heterocycles. The van der Waals surface area contributed by atoms with Crippen LogP contribution in [0.4, 0.5) is 0 Å². The largest absolute Gasteiger partial charge is 0.483 e. The first-order chi connectivity index (χ1) is 11.4. The second-order valence-electron chi connectivity index (χ2n) is 6.05. The van der Waals surface area contributed by atoms with Gasteiger partial charge in [-0.15, -0.1) is 11.3 Å². The van der Waals surface area contributed by atoms with Crippen LogP contribution in [0, 0.1) is 0 Å². The van der Waals surface area contributed by atoms with Gasteiger partial charge in [-0.05, 0) is 31.4 Å². The Morgan fingerprint density at radius 3 is 2.83 bits per heavy atom. The predicted molar refractivity (Wildman–Crippen MR) is 90.3 cm³/mol. The lowest BCUT2D eigenvalue weighted by Gasteiger charge is -2.18. The molecule has 2 heterocycles. The molecule has 0 atom stereocenters. The molecule has 0 unspecified atom stereocenters. The van der Waals surface area contributed by atoms with Crippen LogP contribution in [0.5, 0.6) is 11.5 Å². The summed E-state index contributed by atoms with van der Waals surface area (Å²) in [7, 11) is 0. The highest BCUT2D eigenvalue weighted by atomic mass is 32.1. The fourth-order valence-electron chi connectivity index (χ4n) is 2.48. The number of hydrogen-bond donors (Lipinski definition) is 2. The van der Waals surface area contributed by atoms with E-state index in [1.54, 1.807) is 23.6 Å². The Bertz CT molecular complexity index is 756. The van der Waals surface area contributed by atoms with Gasteiger partial charge in [0.25, 0.3) is 11.8 Å². The van der Waals surface area contributed by atoms with Crippen LogP contribution in [0.1, 0.15) is 29.1 Å². The molecule has 0 spiro atoms. The van der Waals surface area contributed by atoms with Gasteiger partial charge in [0.15, 0.2) is 18.1 Å². The third-order valence-corrected chi connectivity index (χ3v) is 4.34. The Kier molecular flexibility index (Phi) is 4.44. The van der Waals surface area contributed by atoms with Gasteiger partial charge in [0, 0.05) is 12.0 Å². The van der Waals surface area contributed by atoms with Crippen LogP contribution in [0.25, 0.3) is 0 Å². The van der Waals surface area contributed by atoms with Crippen molar-refractivity contribution in [1.29, 1.82) is 0 Å². The molecule has 6 nitrogen and oxygen atoms in total. The Labute approximate surface area is 143 Å². The second kappa shape index (κ2) is 6.52. The summed E-state index contributed by atoms with van der Waals surface area (Å²) in [6, 6.07) is 9.06. The van der Waals surface area contributed by atoms with E-state index in [9.17, 15) is 9.59 Å². The summed E-state index contributed by atoms with van der Waals surface area (Å²) in [6.07, 6.45) is 0.794. The minimum absolute atomic E-state index is 0.217. The van der Waals surface area contributed by atoms with E-state index >= 15 is 0 Å². The highest BCUT2D eigenvalue weighted by Gasteiger charge is 2.32. The minimum atomic E-state index is -0.449. The highest BCUT2D eigenvalue weighted by molar-refractivity contribution is 7.12. The number of thiophene rings is 1. The van der Waals surface area contributed by atoms with Gasteiger partial charge in [0.1, 0.15) is 5.60 Å². The van der Waals surface area contributed by atoms with E-state index in [0.717, 1.165) is 12.0 Å². The van der Waals surface area contributed by atoms with E-state index in [1.165, 1.54) is 11.3 Å². The van der Waals surface area contributed by atoms with Crippen molar-refractivity contribution in [3.05, 3.63) is 46.2 Å². The summed E-state index contributed by atoms with van der Waals surface area (Å²) in [4.78, 5) is 24.1. The van der Waals surface area contributed by atoms with Gasteiger partial charge in [-0.1, -0.05) is 18.2 Å². The van der Waals surface area contributed by atoms with Crippen molar-refractivity contribution in [2.75, 3.05) is 6.61 Å². The van der Waals surface area contributed by atoms with Crippen LogP contribution in [0.15, 0.2) is 35.7 Å². The first-order valence-corrected chi connectivity index (χ1v) is 8.39. The van der Waals surface area contributed by atoms with Crippen LogP contribution in [-0.2, 0) is 11.2 Å². The number of hydrazine groups is 1. The Hall–Kier alpha value is -2.54. The predicted octanol–water partition coefficient (Wildman–Crippen LogP) is 2.30. The second-order valence-corrected chi connectivity index (χ2v) is 7.00. The molecule has 1 aromatic heterocycles. The SMILES string of the molecule is CC1(C)Cc2cccc(OCC(=O)NNC(=O)c3cccs3)c2O1. The summed E-state index contributed by atoms with van der Waals surface area (Å²) >= 11 is 1.30. The van der Waals surface area contributed by atoms with Crippen molar-refractivity contribution >= 4 is 23.2 Å². The molecule has 0 aliphatic carbocycles. The summed E-state index contributed by atoms with van der Waals surface area (Å²) < 4.78 is 11.4. The first-order valence-electron chi connectivity index (χ1n) is 7.51. The highest BCUT2D eigenvalue weighted by Crippen LogP contribution is 2.41. The molecule has 126 valence electrons. The number of para-hydroxylation sites is 1. The molecule has 7 heteroatoms. The quantitative estimate of drug-likeness (QED) is 0.833. The van der Waals surface area contributed by atoms with Gasteiger partial charge in [-0.3, -0.25) is 20.4 Å². The molecule has 2 amide bonds. The van der Waals surface area contributed by atoms with Crippen LogP contribution < -0.4 is 20.3 Å². The van der Waals surface area contributed by atoms with Crippen molar-refractivity contribution in [2.24, 2.45) is 0 Å². The van der Waals surface area contributed by atoms with Gasteiger partial charge in [0.05, 0.1) is 4.88 Å². The number of carbonyl (C=O) groups is 2. The summed E-state index contributed by atoms with van der Waals surface area (Å²) in [5.74, 6) is 0.398. The number of fused-ring (bicyclic) bond motifs is 1. The monoisotopic (exact) mass is 346 g/mol. The first kappa shape index (κ1) is 16.3.